The summed E-state index contributed by atoms with van der Waals surface area (Å²) in [6, 6.07) is 0. The molecule has 0 spiro atoms. The van der Waals surface area contributed by atoms with Crippen LogP contribution in [0.15, 0.2) is 0 Å². The Hall–Kier alpha value is -0.150. The molecule has 2 saturated heterocycles. The van der Waals surface area contributed by atoms with Crippen LogP contribution in [-0.4, -0.2) is 43.4 Å². The fourth-order valence-corrected chi connectivity index (χ4v) is 2.93. The molecule has 2 aliphatic rings. The lowest BCUT2D eigenvalue weighted by atomic mass is 9.72. The Morgan fingerprint density at radius 2 is 1.94 bits per heavy atom. The van der Waals surface area contributed by atoms with Crippen molar-refractivity contribution in [1.29, 1.82) is 0 Å². The summed E-state index contributed by atoms with van der Waals surface area (Å²) in [6.07, 6.45) is 2.55. The van der Waals surface area contributed by atoms with Crippen molar-refractivity contribution in [3.05, 3.63) is 0 Å². The summed E-state index contributed by atoms with van der Waals surface area (Å²) >= 11 is 0. The van der Waals surface area contributed by atoms with Gasteiger partial charge in [0.1, 0.15) is 5.67 Å². The summed E-state index contributed by atoms with van der Waals surface area (Å²) in [7, 11) is 0. The highest BCUT2D eigenvalue weighted by atomic mass is 19.1. The van der Waals surface area contributed by atoms with Crippen LogP contribution >= 0.6 is 0 Å². The molecule has 0 radical (unpaired) electrons. The number of likely N-dealkylation sites (tertiary alicyclic amines) is 1. The summed E-state index contributed by atoms with van der Waals surface area (Å²) in [5, 5.41) is 0. The molecule has 2 heterocycles. The standard InChI is InChI=1S/C14H26FNO/c1-13(2,3)14(15)5-7-16(8-6-14)10-12-4-9-17-11-12/h12H,4-11H2,1-3H3. The zero-order chi connectivity index (χ0) is 12.5. The van der Waals surface area contributed by atoms with Gasteiger partial charge in [-0.1, -0.05) is 20.8 Å². The summed E-state index contributed by atoms with van der Waals surface area (Å²) < 4.78 is 20.1. The van der Waals surface area contributed by atoms with E-state index < -0.39 is 5.67 Å². The summed E-state index contributed by atoms with van der Waals surface area (Å²) in [4.78, 5) is 2.42. The molecule has 0 bridgehead atoms. The predicted molar refractivity (Wildman–Crippen MR) is 67.9 cm³/mol. The molecule has 2 aliphatic heterocycles. The third-order valence-electron chi connectivity index (χ3n) is 4.53. The minimum atomic E-state index is -0.977. The Balaban J connectivity index is 1.81. The fraction of sp³-hybridized carbons (Fsp3) is 1.00. The molecule has 1 unspecified atom stereocenters. The molecule has 100 valence electrons. The number of halogens is 1. The van der Waals surface area contributed by atoms with Crippen LogP contribution in [-0.2, 0) is 4.74 Å². The second-order valence-corrected chi connectivity index (χ2v) is 6.75. The first-order valence-electron chi connectivity index (χ1n) is 6.90. The Kier molecular flexibility index (Phi) is 3.79. The first-order chi connectivity index (χ1) is 7.91. The number of ether oxygens (including phenoxy) is 1. The van der Waals surface area contributed by atoms with Gasteiger partial charge in [-0.05, 0) is 30.6 Å². The molecule has 0 N–H and O–H groups in total. The first kappa shape index (κ1) is 13.3. The largest absolute Gasteiger partial charge is 0.381 e. The van der Waals surface area contributed by atoms with Gasteiger partial charge in [0.15, 0.2) is 0 Å². The highest BCUT2D eigenvalue weighted by Crippen LogP contribution is 2.42. The molecular weight excluding hydrogens is 217 g/mol. The lowest BCUT2D eigenvalue weighted by Gasteiger charge is -2.44. The molecule has 2 fully saturated rings. The number of nitrogens with zero attached hydrogens (tertiary/aromatic N) is 1. The molecule has 0 saturated carbocycles. The van der Waals surface area contributed by atoms with Crippen LogP contribution in [0.1, 0.15) is 40.0 Å². The Labute approximate surface area is 105 Å². The number of alkyl halides is 1. The summed E-state index contributed by atoms with van der Waals surface area (Å²) in [5.74, 6) is 0.678. The van der Waals surface area contributed by atoms with Crippen LogP contribution in [0.5, 0.6) is 0 Å². The van der Waals surface area contributed by atoms with Gasteiger partial charge in [-0.2, -0.15) is 0 Å². The number of rotatable bonds is 2. The number of hydrogen-bond acceptors (Lipinski definition) is 2. The lowest BCUT2D eigenvalue weighted by molar-refractivity contribution is -0.0322. The van der Waals surface area contributed by atoms with Crippen molar-refractivity contribution in [3.63, 3.8) is 0 Å². The van der Waals surface area contributed by atoms with Crippen molar-refractivity contribution in [1.82, 2.24) is 4.90 Å². The molecule has 2 nitrogen and oxygen atoms in total. The molecule has 0 aromatic heterocycles. The van der Waals surface area contributed by atoms with Gasteiger partial charge in [-0.15, -0.1) is 0 Å². The van der Waals surface area contributed by atoms with Crippen molar-refractivity contribution >= 4 is 0 Å². The third-order valence-corrected chi connectivity index (χ3v) is 4.53. The monoisotopic (exact) mass is 243 g/mol. The zero-order valence-corrected chi connectivity index (χ0v) is 11.5. The quantitative estimate of drug-likeness (QED) is 0.739. The maximum absolute atomic E-state index is 14.7. The zero-order valence-electron chi connectivity index (χ0n) is 11.5. The van der Waals surface area contributed by atoms with Crippen LogP contribution in [0.2, 0.25) is 0 Å². The highest BCUT2D eigenvalue weighted by molar-refractivity contribution is 4.95. The number of piperidine rings is 1. The van der Waals surface area contributed by atoms with E-state index in [1.807, 2.05) is 20.8 Å². The van der Waals surface area contributed by atoms with Crippen LogP contribution in [0.3, 0.4) is 0 Å². The van der Waals surface area contributed by atoms with Crippen LogP contribution < -0.4 is 0 Å². The number of hydrogen-bond donors (Lipinski definition) is 0. The van der Waals surface area contributed by atoms with E-state index in [1.165, 1.54) is 6.42 Å². The molecule has 0 amide bonds. The lowest BCUT2D eigenvalue weighted by Crippen LogP contribution is -2.49. The van der Waals surface area contributed by atoms with Gasteiger partial charge in [-0.25, -0.2) is 4.39 Å². The maximum atomic E-state index is 14.7. The molecule has 1 atom stereocenters. The van der Waals surface area contributed by atoms with Crippen LogP contribution in [0.25, 0.3) is 0 Å². The van der Waals surface area contributed by atoms with Crippen molar-refractivity contribution in [2.24, 2.45) is 11.3 Å². The van der Waals surface area contributed by atoms with Crippen LogP contribution in [0.4, 0.5) is 4.39 Å². The molecule has 0 aliphatic carbocycles. The van der Waals surface area contributed by atoms with Gasteiger partial charge >= 0.3 is 0 Å². The fourth-order valence-electron chi connectivity index (χ4n) is 2.93. The van der Waals surface area contributed by atoms with Gasteiger partial charge in [-0.3, -0.25) is 0 Å². The smallest absolute Gasteiger partial charge is 0.118 e. The van der Waals surface area contributed by atoms with E-state index in [-0.39, 0.29) is 5.41 Å². The predicted octanol–water partition coefficient (Wildman–Crippen LogP) is 2.87. The van der Waals surface area contributed by atoms with Crippen molar-refractivity contribution in [2.75, 3.05) is 32.8 Å². The second kappa shape index (κ2) is 4.85. The maximum Gasteiger partial charge on any atom is 0.118 e. The normalized spacial score (nSPS) is 30.7. The van der Waals surface area contributed by atoms with Gasteiger partial charge < -0.3 is 9.64 Å². The summed E-state index contributed by atoms with van der Waals surface area (Å²) in [5.41, 5.74) is -1.20. The van der Waals surface area contributed by atoms with E-state index in [0.29, 0.717) is 18.8 Å². The molecular formula is C14H26FNO. The Morgan fingerprint density at radius 3 is 2.41 bits per heavy atom. The van der Waals surface area contributed by atoms with E-state index in [0.717, 1.165) is 32.8 Å². The van der Waals surface area contributed by atoms with Crippen molar-refractivity contribution in [2.45, 2.75) is 45.7 Å². The van der Waals surface area contributed by atoms with Gasteiger partial charge in [0.25, 0.3) is 0 Å². The minimum absolute atomic E-state index is 0.227. The van der Waals surface area contributed by atoms with Gasteiger partial charge in [0.2, 0.25) is 0 Å². The van der Waals surface area contributed by atoms with E-state index in [9.17, 15) is 4.39 Å². The minimum Gasteiger partial charge on any atom is -0.381 e. The summed E-state index contributed by atoms with van der Waals surface area (Å²) in [6.45, 7) is 10.8. The average molecular weight is 243 g/mol. The van der Waals surface area contributed by atoms with Crippen molar-refractivity contribution < 1.29 is 9.13 Å². The van der Waals surface area contributed by atoms with Crippen molar-refractivity contribution in [3.8, 4) is 0 Å². The third kappa shape index (κ3) is 3.00. The van der Waals surface area contributed by atoms with E-state index in [1.54, 1.807) is 0 Å². The SMILES string of the molecule is CC(C)(C)C1(F)CCN(CC2CCOC2)CC1. The second-order valence-electron chi connectivity index (χ2n) is 6.75. The van der Waals surface area contributed by atoms with Gasteiger partial charge in [0.05, 0.1) is 6.61 Å². The molecule has 2 rings (SSSR count). The highest BCUT2D eigenvalue weighted by Gasteiger charge is 2.44. The van der Waals surface area contributed by atoms with Crippen LogP contribution in [0, 0.1) is 11.3 Å². The van der Waals surface area contributed by atoms with E-state index in [2.05, 4.69) is 4.90 Å². The van der Waals surface area contributed by atoms with E-state index >= 15 is 0 Å². The Morgan fingerprint density at radius 1 is 1.29 bits per heavy atom. The molecule has 17 heavy (non-hydrogen) atoms. The molecule has 0 aromatic rings. The van der Waals surface area contributed by atoms with E-state index in [4.69, 9.17) is 4.74 Å². The van der Waals surface area contributed by atoms with Gasteiger partial charge in [0, 0.05) is 26.2 Å². The molecule has 0 aromatic carbocycles. The average Bonchev–Trinajstić information content (AvgIpc) is 2.73. The Bertz CT molecular complexity index is 247. The molecule has 3 heteroatoms. The first-order valence-corrected chi connectivity index (χ1v) is 6.90. The topological polar surface area (TPSA) is 12.5 Å².